The van der Waals surface area contributed by atoms with Gasteiger partial charge in [0, 0.05) is 5.24 Å². The summed E-state index contributed by atoms with van der Waals surface area (Å²) in [5.74, 6) is 0.709. The minimum absolute atomic E-state index is 0.128. The highest BCUT2D eigenvalue weighted by molar-refractivity contribution is 8.70. The van der Waals surface area contributed by atoms with Gasteiger partial charge in [0.1, 0.15) is 5.44 Å². The molecule has 1 heterocycles. The Hall–Kier alpha value is 0.920. The summed E-state index contributed by atoms with van der Waals surface area (Å²) >= 11 is 7.11. The van der Waals surface area contributed by atoms with Crippen LogP contribution in [0.15, 0.2) is 0 Å². The second-order valence-electron chi connectivity index (χ2n) is 5.02. The Bertz CT molecular complexity index is 277. The third kappa shape index (κ3) is 3.71. The van der Waals surface area contributed by atoms with Crippen LogP contribution in [0.5, 0.6) is 0 Å². The first-order valence-corrected chi connectivity index (χ1v) is 11.0. The Labute approximate surface area is 108 Å². The van der Waals surface area contributed by atoms with Crippen LogP contribution in [0, 0.1) is 11.8 Å². The van der Waals surface area contributed by atoms with Crippen LogP contribution in [-0.2, 0) is 16.5 Å². The predicted octanol–water partition coefficient (Wildman–Crippen LogP) is 3.14. The van der Waals surface area contributed by atoms with E-state index in [1.54, 1.807) is 11.4 Å². The summed E-state index contributed by atoms with van der Waals surface area (Å²) in [4.78, 5) is 0. The van der Waals surface area contributed by atoms with E-state index in [-0.39, 0.29) is 23.6 Å². The van der Waals surface area contributed by atoms with Gasteiger partial charge in [-0.05, 0) is 31.6 Å². The molecule has 0 amide bonds. The predicted molar refractivity (Wildman–Crippen MR) is 77.0 cm³/mol. The monoisotopic (exact) mass is 282 g/mol. The number of hydrogen-bond acceptors (Lipinski definition) is 4. The van der Waals surface area contributed by atoms with Gasteiger partial charge in [-0.25, -0.2) is 0 Å². The molecular weight excluding hydrogens is 259 g/mol. The van der Waals surface area contributed by atoms with E-state index < -0.39 is 5.24 Å². The van der Waals surface area contributed by atoms with Gasteiger partial charge in [0.2, 0.25) is 0 Å². The van der Waals surface area contributed by atoms with Crippen LogP contribution in [0.2, 0.25) is 0 Å². The lowest BCUT2D eigenvalue weighted by Gasteiger charge is -2.43. The van der Waals surface area contributed by atoms with Crippen LogP contribution in [-0.4, -0.2) is 36.1 Å². The molecular formula is C11H23O2PS2. The van der Waals surface area contributed by atoms with Gasteiger partial charge in [-0.1, -0.05) is 44.0 Å². The molecule has 96 valence electrons. The molecule has 2 nitrogen and oxygen atoms in total. The molecule has 0 aliphatic carbocycles. The maximum atomic E-state index is 10.2. The number of hydrogen-bond donors (Lipinski definition) is 1. The molecule has 0 radical (unpaired) electrons. The van der Waals surface area contributed by atoms with Crippen molar-refractivity contribution in [3.63, 3.8) is 0 Å². The van der Waals surface area contributed by atoms with Crippen LogP contribution < -0.4 is 0 Å². The fraction of sp³-hybridized carbons (Fsp3) is 1.00. The van der Waals surface area contributed by atoms with Crippen molar-refractivity contribution in [1.82, 2.24) is 0 Å². The van der Waals surface area contributed by atoms with E-state index in [4.69, 9.17) is 16.5 Å². The molecule has 1 aliphatic rings. The second-order valence-corrected chi connectivity index (χ2v) is 15.0. The fourth-order valence-corrected chi connectivity index (χ4v) is 5.93. The molecule has 5 unspecified atom stereocenters. The standard InChI is InChI=1S/C11H23O2PS2/c1-6-9-7(2)8(3)10(12)11(13-9)16-14(4,5)15/h7-12H,6H2,1-5H3. The van der Waals surface area contributed by atoms with E-state index in [1.807, 2.05) is 0 Å². The SMILES string of the molecule is CCC1OC(SP(C)(C)=S)C(O)C(C)C1C. The minimum Gasteiger partial charge on any atom is -0.389 e. The van der Waals surface area contributed by atoms with Crippen molar-refractivity contribution < 1.29 is 9.84 Å². The Morgan fingerprint density at radius 2 is 1.88 bits per heavy atom. The molecule has 0 aromatic rings. The Morgan fingerprint density at radius 1 is 1.31 bits per heavy atom. The molecule has 0 aromatic heterocycles. The molecule has 1 rings (SSSR count). The van der Waals surface area contributed by atoms with Crippen LogP contribution in [0.1, 0.15) is 27.2 Å². The number of aliphatic hydroxyl groups excluding tert-OH is 1. The number of rotatable bonds is 3. The fourth-order valence-electron chi connectivity index (χ4n) is 2.08. The van der Waals surface area contributed by atoms with Crippen molar-refractivity contribution in [3.05, 3.63) is 0 Å². The molecule has 1 saturated heterocycles. The van der Waals surface area contributed by atoms with Gasteiger partial charge < -0.3 is 9.84 Å². The van der Waals surface area contributed by atoms with Gasteiger partial charge in [-0.3, -0.25) is 0 Å². The van der Waals surface area contributed by atoms with Crippen molar-refractivity contribution in [1.29, 1.82) is 0 Å². The van der Waals surface area contributed by atoms with E-state index in [2.05, 4.69) is 34.1 Å². The van der Waals surface area contributed by atoms with Crippen LogP contribution in [0.4, 0.5) is 0 Å². The maximum Gasteiger partial charge on any atom is 0.134 e. The van der Waals surface area contributed by atoms with Crippen molar-refractivity contribution in [3.8, 4) is 0 Å². The molecule has 5 atom stereocenters. The molecule has 0 spiro atoms. The quantitative estimate of drug-likeness (QED) is 0.805. The average molecular weight is 282 g/mol. The van der Waals surface area contributed by atoms with Crippen molar-refractivity contribution >= 4 is 28.4 Å². The Balaban J connectivity index is 2.75. The summed E-state index contributed by atoms with van der Waals surface area (Å²) in [7, 11) is 0. The first-order valence-electron chi connectivity index (χ1n) is 5.83. The summed E-state index contributed by atoms with van der Waals surface area (Å²) in [6.07, 6.45) is 0.883. The highest BCUT2D eigenvalue weighted by Gasteiger charge is 2.40. The van der Waals surface area contributed by atoms with Gasteiger partial charge in [-0.15, -0.1) is 0 Å². The Kier molecular flexibility index (Phi) is 5.34. The van der Waals surface area contributed by atoms with E-state index in [0.717, 1.165) is 6.42 Å². The van der Waals surface area contributed by atoms with E-state index in [0.29, 0.717) is 5.92 Å². The van der Waals surface area contributed by atoms with Gasteiger partial charge in [0.05, 0.1) is 12.2 Å². The number of ether oxygens (including phenoxy) is 1. The first-order chi connectivity index (χ1) is 7.26. The molecule has 0 bridgehead atoms. The third-order valence-corrected chi connectivity index (χ3v) is 7.33. The highest BCUT2D eigenvalue weighted by atomic mass is 32.9. The average Bonchev–Trinajstić information content (AvgIpc) is 2.17. The molecule has 1 aliphatic heterocycles. The minimum atomic E-state index is -1.39. The zero-order valence-corrected chi connectivity index (χ0v) is 13.2. The topological polar surface area (TPSA) is 29.5 Å². The zero-order chi connectivity index (χ0) is 12.5. The lowest BCUT2D eigenvalue weighted by molar-refractivity contribution is -0.132. The molecule has 1 fully saturated rings. The third-order valence-electron chi connectivity index (χ3n) is 3.30. The van der Waals surface area contributed by atoms with Crippen molar-refractivity contribution in [2.45, 2.75) is 44.8 Å². The summed E-state index contributed by atoms with van der Waals surface area (Å²) in [6, 6.07) is 0. The zero-order valence-electron chi connectivity index (χ0n) is 10.7. The van der Waals surface area contributed by atoms with Crippen LogP contribution in [0.25, 0.3) is 0 Å². The summed E-state index contributed by atoms with van der Waals surface area (Å²) in [6.45, 7) is 10.6. The maximum absolute atomic E-state index is 10.2. The van der Waals surface area contributed by atoms with E-state index in [1.165, 1.54) is 0 Å². The van der Waals surface area contributed by atoms with E-state index in [9.17, 15) is 5.11 Å². The second kappa shape index (κ2) is 5.71. The molecule has 16 heavy (non-hydrogen) atoms. The van der Waals surface area contributed by atoms with Gasteiger partial charge in [0.15, 0.2) is 0 Å². The van der Waals surface area contributed by atoms with E-state index >= 15 is 0 Å². The van der Waals surface area contributed by atoms with Gasteiger partial charge in [0.25, 0.3) is 0 Å². The normalized spacial score (nSPS) is 41.0. The van der Waals surface area contributed by atoms with Crippen LogP contribution in [0.3, 0.4) is 0 Å². The first kappa shape index (κ1) is 15.0. The summed E-state index contributed by atoms with van der Waals surface area (Å²) in [5.41, 5.74) is -0.128. The van der Waals surface area contributed by atoms with Crippen LogP contribution >= 0.6 is 16.6 Å². The summed E-state index contributed by atoms with van der Waals surface area (Å²) < 4.78 is 5.98. The van der Waals surface area contributed by atoms with Crippen molar-refractivity contribution in [2.75, 3.05) is 13.3 Å². The van der Waals surface area contributed by atoms with Gasteiger partial charge in [-0.2, -0.15) is 0 Å². The van der Waals surface area contributed by atoms with Gasteiger partial charge >= 0.3 is 0 Å². The highest BCUT2D eigenvalue weighted by Crippen LogP contribution is 2.56. The lowest BCUT2D eigenvalue weighted by atomic mass is 9.83. The smallest absolute Gasteiger partial charge is 0.134 e. The molecule has 1 N–H and O–H groups in total. The molecule has 5 heteroatoms. The number of aliphatic hydroxyl groups is 1. The summed E-state index contributed by atoms with van der Waals surface area (Å²) in [5, 5.41) is 8.82. The van der Waals surface area contributed by atoms with Crippen molar-refractivity contribution in [2.24, 2.45) is 11.8 Å². The Morgan fingerprint density at radius 3 is 2.31 bits per heavy atom. The molecule has 0 saturated carbocycles. The largest absolute Gasteiger partial charge is 0.389 e. The molecule has 0 aromatic carbocycles. The lowest BCUT2D eigenvalue weighted by Crippen LogP contribution is -2.47.